The van der Waals surface area contributed by atoms with Crippen molar-refractivity contribution < 1.29 is 23.1 Å². The zero-order valence-corrected chi connectivity index (χ0v) is 10.9. The van der Waals surface area contributed by atoms with Crippen LogP contribution in [0.25, 0.3) is 0 Å². The highest BCUT2D eigenvalue weighted by molar-refractivity contribution is 7.87. The van der Waals surface area contributed by atoms with Crippen LogP contribution in [0.5, 0.6) is 0 Å². The number of nitrogens with one attached hydrogen (secondary N) is 1. The molecule has 18 heavy (non-hydrogen) atoms. The number of ether oxygens (including phenoxy) is 1. The molecule has 0 bridgehead atoms. The standard InChI is InChI=1S/C10H18N2O5S/c13-9(14)8-10(2-1-3-10)11-18(15,16)12-4-6-17-7-5-12/h11H,1-8H2,(H,13,14). The third-order valence-electron chi connectivity index (χ3n) is 3.46. The molecule has 0 radical (unpaired) electrons. The van der Waals surface area contributed by atoms with Crippen molar-refractivity contribution >= 4 is 16.2 Å². The van der Waals surface area contributed by atoms with Crippen molar-refractivity contribution in [3.8, 4) is 0 Å². The highest BCUT2D eigenvalue weighted by Gasteiger charge is 2.43. The molecule has 0 atom stereocenters. The van der Waals surface area contributed by atoms with E-state index in [2.05, 4.69) is 4.72 Å². The molecular weight excluding hydrogens is 260 g/mol. The Kier molecular flexibility index (Phi) is 3.90. The first-order valence-electron chi connectivity index (χ1n) is 6.02. The van der Waals surface area contributed by atoms with Gasteiger partial charge in [-0.05, 0) is 19.3 Å². The first kappa shape index (κ1) is 13.7. The van der Waals surface area contributed by atoms with E-state index in [0.29, 0.717) is 39.1 Å². The number of rotatable bonds is 5. The summed E-state index contributed by atoms with van der Waals surface area (Å²) in [5.41, 5.74) is -0.789. The number of hydrogen-bond acceptors (Lipinski definition) is 4. The molecule has 0 aromatic rings. The van der Waals surface area contributed by atoms with E-state index in [-0.39, 0.29) is 6.42 Å². The van der Waals surface area contributed by atoms with E-state index in [1.165, 1.54) is 4.31 Å². The Morgan fingerprint density at radius 3 is 2.39 bits per heavy atom. The van der Waals surface area contributed by atoms with E-state index in [0.717, 1.165) is 6.42 Å². The molecule has 0 spiro atoms. The van der Waals surface area contributed by atoms with Crippen molar-refractivity contribution in [3.63, 3.8) is 0 Å². The van der Waals surface area contributed by atoms with E-state index < -0.39 is 21.7 Å². The lowest BCUT2D eigenvalue weighted by atomic mass is 9.75. The molecule has 2 aliphatic rings. The summed E-state index contributed by atoms with van der Waals surface area (Å²) in [6, 6.07) is 0. The molecule has 1 heterocycles. The molecule has 1 aliphatic heterocycles. The minimum absolute atomic E-state index is 0.156. The van der Waals surface area contributed by atoms with Gasteiger partial charge >= 0.3 is 5.97 Å². The maximum Gasteiger partial charge on any atom is 0.305 e. The Hall–Kier alpha value is -0.700. The third kappa shape index (κ3) is 3.00. The highest BCUT2D eigenvalue weighted by atomic mass is 32.2. The van der Waals surface area contributed by atoms with Crippen molar-refractivity contribution in [2.45, 2.75) is 31.2 Å². The summed E-state index contributed by atoms with van der Waals surface area (Å²) >= 11 is 0. The minimum Gasteiger partial charge on any atom is -0.481 e. The summed E-state index contributed by atoms with van der Waals surface area (Å²) in [6.07, 6.45) is 1.88. The molecule has 2 rings (SSSR count). The number of aliphatic carboxylic acids is 1. The van der Waals surface area contributed by atoms with Gasteiger partial charge in [0.2, 0.25) is 0 Å². The summed E-state index contributed by atoms with van der Waals surface area (Å²) in [4.78, 5) is 10.8. The van der Waals surface area contributed by atoms with Crippen molar-refractivity contribution in [1.82, 2.24) is 9.03 Å². The van der Waals surface area contributed by atoms with Gasteiger partial charge in [0, 0.05) is 18.6 Å². The molecule has 2 N–H and O–H groups in total. The smallest absolute Gasteiger partial charge is 0.305 e. The lowest BCUT2D eigenvalue weighted by molar-refractivity contribution is -0.139. The van der Waals surface area contributed by atoms with Gasteiger partial charge in [-0.15, -0.1) is 0 Å². The monoisotopic (exact) mass is 278 g/mol. The van der Waals surface area contributed by atoms with Crippen LogP contribution in [0, 0.1) is 0 Å². The summed E-state index contributed by atoms with van der Waals surface area (Å²) in [5, 5.41) is 8.85. The second-order valence-corrected chi connectivity index (χ2v) is 6.49. The van der Waals surface area contributed by atoms with Gasteiger partial charge in [-0.2, -0.15) is 17.4 Å². The quantitative estimate of drug-likeness (QED) is 0.710. The van der Waals surface area contributed by atoms with Crippen molar-refractivity contribution in [2.75, 3.05) is 26.3 Å². The molecule has 7 nitrogen and oxygen atoms in total. The van der Waals surface area contributed by atoms with E-state index in [1.54, 1.807) is 0 Å². The molecular formula is C10H18N2O5S. The Morgan fingerprint density at radius 1 is 1.33 bits per heavy atom. The molecule has 8 heteroatoms. The van der Waals surface area contributed by atoms with Crippen LogP contribution >= 0.6 is 0 Å². The lowest BCUT2D eigenvalue weighted by Gasteiger charge is -2.42. The van der Waals surface area contributed by atoms with E-state index in [4.69, 9.17) is 9.84 Å². The summed E-state index contributed by atoms with van der Waals surface area (Å²) in [6.45, 7) is 1.40. The second kappa shape index (κ2) is 5.12. The van der Waals surface area contributed by atoms with Gasteiger partial charge in [0.25, 0.3) is 10.2 Å². The molecule has 0 amide bonds. The Bertz CT molecular complexity index is 412. The molecule has 0 aromatic carbocycles. The fourth-order valence-corrected chi connectivity index (χ4v) is 3.92. The third-order valence-corrected chi connectivity index (χ3v) is 5.19. The first-order valence-corrected chi connectivity index (χ1v) is 7.46. The number of carboxylic acids is 1. The Morgan fingerprint density at radius 2 is 1.94 bits per heavy atom. The van der Waals surface area contributed by atoms with E-state index in [1.807, 2.05) is 0 Å². The molecule has 1 aliphatic carbocycles. The van der Waals surface area contributed by atoms with Crippen LogP contribution in [0.2, 0.25) is 0 Å². The van der Waals surface area contributed by atoms with Crippen LogP contribution in [0.1, 0.15) is 25.7 Å². The highest BCUT2D eigenvalue weighted by Crippen LogP contribution is 2.35. The van der Waals surface area contributed by atoms with E-state index >= 15 is 0 Å². The molecule has 1 saturated heterocycles. The number of morpholine rings is 1. The van der Waals surface area contributed by atoms with Crippen molar-refractivity contribution in [1.29, 1.82) is 0 Å². The predicted molar refractivity (Wildman–Crippen MR) is 63.3 cm³/mol. The number of carboxylic acid groups (broad SMARTS) is 1. The van der Waals surface area contributed by atoms with Gasteiger partial charge in [0.15, 0.2) is 0 Å². The SMILES string of the molecule is O=C(O)CC1(NS(=O)(=O)N2CCOCC2)CCC1. The summed E-state index contributed by atoms with van der Waals surface area (Å²) in [7, 11) is -3.61. The average Bonchev–Trinajstić information content (AvgIpc) is 2.26. The van der Waals surface area contributed by atoms with Gasteiger partial charge in [-0.3, -0.25) is 4.79 Å². The Labute approximate surface area is 106 Å². The minimum atomic E-state index is -3.61. The van der Waals surface area contributed by atoms with E-state index in [9.17, 15) is 13.2 Å². The average molecular weight is 278 g/mol. The maximum absolute atomic E-state index is 12.1. The molecule has 104 valence electrons. The fourth-order valence-electron chi connectivity index (χ4n) is 2.33. The zero-order valence-electron chi connectivity index (χ0n) is 10.1. The molecule has 0 unspecified atom stereocenters. The van der Waals surface area contributed by atoms with Gasteiger partial charge in [0.1, 0.15) is 0 Å². The van der Waals surface area contributed by atoms with Crippen LogP contribution in [-0.4, -0.2) is 55.6 Å². The lowest BCUT2D eigenvalue weighted by Crippen LogP contribution is -2.59. The van der Waals surface area contributed by atoms with Crippen LogP contribution in [0.15, 0.2) is 0 Å². The topological polar surface area (TPSA) is 95.9 Å². The molecule has 0 aromatic heterocycles. The van der Waals surface area contributed by atoms with Gasteiger partial charge in [0.05, 0.1) is 19.6 Å². The Balaban J connectivity index is 2.03. The number of nitrogens with zero attached hydrogens (tertiary/aromatic N) is 1. The molecule has 1 saturated carbocycles. The van der Waals surface area contributed by atoms with Crippen LogP contribution < -0.4 is 4.72 Å². The number of carbonyl (C=O) groups is 1. The van der Waals surface area contributed by atoms with Gasteiger partial charge in [-0.1, -0.05) is 0 Å². The second-order valence-electron chi connectivity index (χ2n) is 4.82. The zero-order chi connectivity index (χ0) is 13.2. The van der Waals surface area contributed by atoms with Crippen LogP contribution in [0.4, 0.5) is 0 Å². The van der Waals surface area contributed by atoms with Crippen molar-refractivity contribution in [3.05, 3.63) is 0 Å². The largest absolute Gasteiger partial charge is 0.481 e. The summed E-state index contributed by atoms with van der Waals surface area (Å²) < 4.78 is 33.3. The van der Waals surface area contributed by atoms with Gasteiger partial charge in [-0.25, -0.2) is 0 Å². The molecule has 2 fully saturated rings. The van der Waals surface area contributed by atoms with Gasteiger partial charge < -0.3 is 9.84 Å². The van der Waals surface area contributed by atoms with Crippen molar-refractivity contribution in [2.24, 2.45) is 0 Å². The first-order chi connectivity index (χ1) is 8.44. The van der Waals surface area contributed by atoms with Crippen LogP contribution in [0.3, 0.4) is 0 Å². The maximum atomic E-state index is 12.1. The predicted octanol–water partition coefficient (Wildman–Crippen LogP) is -0.450. The normalized spacial score (nSPS) is 24.4. The fraction of sp³-hybridized carbons (Fsp3) is 0.900. The summed E-state index contributed by atoms with van der Waals surface area (Å²) in [5.74, 6) is -0.973. The number of hydrogen-bond donors (Lipinski definition) is 2. The van der Waals surface area contributed by atoms with Crippen LogP contribution in [-0.2, 0) is 19.7 Å².